The Morgan fingerprint density at radius 1 is 1.26 bits per heavy atom. The first-order valence-electron chi connectivity index (χ1n) is 7.55. The SMILES string of the molecule is CCC1CCCC(NCc2csc3ccccc23)C1. The van der Waals surface area contributed by atoms with Gasteiger partial charge in [0.2, 0.25) is 0 Å². The number of benzene rings is 1. The zero-order chi connectivity index (χ0) is 13.1. The van der Waals surface area contributed by atoms with Crippen LogP contribution in [0.25, 0.3) is 10.1 Å². The van der Waals surface area contributed by atoms with Gasteiger partial charge in [0.05, 0.1) is 0 Å². The van der Waals surface area contributed by atoms with Gasteiger partial charge in [-0.05, 0) is 41.2 Å². The fourth-order valence-electron chi connectivity index (χ4n) is 3.27. The van der Waals surface area contributed by atoms with Crippen molar-refractivity contribution in [2.24, 2.45) is 5.92 Å². The molecule has 1 N–H and O–H groups in total. The molecule has 1 nitrogen and oxygen atoms in total. The molecule has 19 heavy (non-hydrogen) atoms. The van der Waals surface area contributed by atoms with Crippen LogP contribution in [0.4, 0.5) is 0 Å². The second-order valence-corrected chi connectivity index (χ2v) is 6.69. The predicted molar refractivity (Wildman–Crippen MR) is 84.7 cm³/mol. The highest BCUT2D eigenvalue weighted by atomic mass is 32.1. The van der Waals surface area contributed by atoms with Gasteiger partial charge in [-0.1, -0.05) is 44.4 Å². The van der Waals surface area contributed by atoms with Gasteiger partial charge in [-0.2, -0.15) is 0 Å². The molecule has 1 heterocycles. The molecular weight excluding hydrogens is 250 g/mol. The van der Waals surface area contributed by atoms with E-state index >= 15 is 0 Å². The number of rotatable bonds is 4. The highest BCUT2D eigenvalue weighted by Crippen LogP contribution is 2.28. The summed E-state index contributed by atoms with van der Waals surface area (Å²) in [5.41, 5.74) is 1.47. The Morgan fingerprint density at radius 2 is 2.16 bits per heavy atom. The van der Waals surface area contributed by atoms with Crippen LogP contribution in [0.1, 0.15) is 44.6 Å². The molecule has 1 aliphatic rings. The summed E-state index contributed by atoms with van der Waals surface area (Å²) in [7, 11) is 0. The second-order valence-electron chi connectivity index (χ2n) is 5.78. The molecule has 1 aliphatic carbocycles. The number of hydrogen-bond donors (Lipinski definition) is 1. The molecule has 3 rings (SSSR count). The number of hydrogen-bond acceptors (Lipinski definition) is 2. The third-order valence-corrected chi connectivity index (χ3v) is 5.51. The van der Waals surface area contributed by atoms with Crippen molar-refractivity contribution in [2.45, 2.75) is 51.6 Å². The highest BCUT2D eigenvalue weighted by molar-refractivity contribution is 7.17. The van der Waals surface area contributed by atoms with E-state index in [1.54, 1.807) is 0 Å². The molecule has 0 aliphatic heterocycles. The summed E-state index contributed by atoms with van der Waals surface area (Å²) < 4.78 is 1.41. The van der Waals surface area contributed by atoms with Crippen molar-refractivity contribution in [1.29, 1.82) is 0 Å². The highest BCUT2D eigenvalue weighted by Gasteiger charge is 2.20. The summed E-state index contributed by atoms with van der Waals surface area (Å²) in [6.07, 6.45) is 6.92. The van der Waals surface area contributed by atoms with Gasteiger partial charge in [-0.15, -0.1) is 11.3 Å². The van der Waals surface area contributed by atoms with E-state index in [0.29, 0.717) is 0 Å². The Hall–Kier alpha value is -0.860. The van der Waals surface area contributed by atoms with Crippen molar-refractivity contribution in [1.82, 2.24) is 5.32 Å². The summed E-state index contributed by atoms with van der Waals surface area (Å²) in [5.74, 6) is 0.950. The minimum Gasteiger partial charge on any atom is -0.310 e. The van der Waals surface area contributed by atoms with Crippen LogP contribution in [0.5, 0.6) is 0 Å². The fraction of sp³-hybridized carbons (Fsp3) is 0.529. The largest absolute Gasteiger partial charge is 0.310 e. The Kier molecular flexibility index (Phi) is 4.19. The van der Waals surface area contributed by atoms with E-state index in [1.807, 2.05) is 11.3 Å². The van der Waals surface area contributed by atoms with Crippen LogP contribution in [-0.4, -0.2) is 6.04 Å². The van der Waals surface area contributed by atoms with Gasteiger partial charge < -0.3 is 5.32 Å². The molecule has 1 aromatic heterocycles. The molecule has 1 fully saturated rings. The van der Waals surface area contributed by atoms with Crippen LogP contribution < -0.4 is 5.32 Å². The van der Waals surface area contributed by atoms with E-state index in [-0.39, 0.29) is 0 Å². The molecule has 0 radical (unpaired) electrons. The van der Waals surface area contributed by atoms with Crippen LogP contribution >= 0.6 is 11.3 Å². The molecule has 1 aromatic carbocycles. The first-order chi connectivity index (χ1) is 9.36. The minimum atomic E-state index is 0.734. The van der Waals surface area contributed by atoms with E-state index in [2.05, 4.69) is 41.9 Å². The van der Waals surface area contributed by atoms with Gasteiger partial charge in [0.15, 0.2) is 0 Å². The van der Waals surface area contributed by atoms with Crippen molar-refractivity contribution in [3.8, 4) is 0 Å². The Balaban J connectivity index is 1.63. The van der Waals surface area contributed by atoms with Gasteiger partial charge in [0, 0.05) is 17.3 Å². The third-order valence-electron chi connectivity index (χ3n) is 4.50. The molecule has 2 unspecified atom stereocenters. The zero-order valence-corrected chi connectivity index (χ0v) is 12.5. The van der Waals surface area contributed by atoms with Crippen LogP contribution in [0, 0.1) is 5.92 Å². The first-order valence-corrected chi connectivity index (χ1v) is 8.43. The summed E-state index contributed by atoms with van der Waals surface area (Å²) >= 11 is 1.87. The molecule has 1 saturated carbocycles. The zero-order valence-electron chi connectivity index (χ0n) is 11.7. The van der Waals surface area contributed by atoms with Crippen LogP contribution in [0.2, 0.25) is 0 Å². The number of fused-ring (bicyclic) bond motifs is 1. The van der Waals surface area contributed by atoms with Crippen molar-refractivity contribution in [3.63, 3.8) is 0 Å². The smallest absolute Gasteiger partial charge is 0.0346 e. The van der Waals surface area contributed by atoms with Crippen LogP contribution in [-0.2, 0) is 6.54 Å². The minimum absolute atomic E-state index is 0.734. The molecular formula is C17H23NS. The topological polar surface area (TPSA) is 12.0 Å². The number of thiophene rings is 1. The van der Waals surface area contributed by atoms with Crippen LogP contribution in [0.3, 0.4) is 0 Å². The maximum absolute atomic E-state index is 3.79. The molecule has 102 valence electrons. The third kappa shape index (κ3) is 3.01. The van der Waals surface area contributed by atoms with Gasteiger partial charge in [0.25, 0.3) is 0 Å². The van der Waals surface area contributed by atoms with Gasteiger partial charge in [-0.25, -0.2) is 0 Å². The second kappa shape index (κ2) is 6.06. The van der Waals surface area contributed by atoms with Gasteiger partial charge >= 0.3 is 0 Å². The quantitative estimate of drug-likeness (QED) is 0.830. The monoisotopic (exact) mass is 273 g/mol. The molecule has 0 spiro atoms. The van der Waals surface area contributed by atoms with E-state index in [1.165, 1.54) is 47.8 Å². The van der Waals surface area contributed by atoms with E-state index in [9.17, 15) is 0 Å². The maximum Gasteiger partial charge on any atom is 0.0346 e. The average molecular weight is 273 g/mol. The Bertz CT molecular complexity index is 531. The summed E-state index contributed by atoms with van der Waals surface area (Å²) in [5, 5.41) is 7.54. The van der Waals surface area contributed by atoms with Gasteiger partial charge in [-0.3, -0.25) is 0 Å². The summed E-state index contributed by atoms with van der Waals surface area (Å²) in [4.78, 5) is 0. The average Bonchev–Trinajstić information content (AvgIpc) is 2.89. The van der Waals surface area contributed by atoms with Crippen molar-refractivity contribution in [2.75, 3.05) is 0 Å². The molecule has 2 atom stereocenters. The molecule has 2 aromatic rings. The molecule has 0 bridgehead atoms. The summed E-state index contributed by atoms with van der Waals surface area (Å²) in [6.45, 7) is 3.37. The molecule has 2 heteroatoms. The standard InChI is InChI=1S/C17H23NS/c1-2-13-6-5-7-15(10-13)18-11-14-12-19-17-9-4-3-8-16(14)17/h3-4,8-9,12-13,15,18H,2,5-7,10-11H2,1H3. The van der Waals surface area contributed by atoms with E-state index in [4.69, 9.17) is 0 Å². The lowest BCUT2D eigenvalue weighted by Gasteiger charge is -2.29. The molecule has 0 saturated heterocycles. The van der Waals surface area contributed by atoms with Crippen LogP contribution in [0.15, 0.2) is 29.6 Å². The fourth-order valence-corrected chi connectivity index (χ4v) is 4.23. The van der Waals surface area contributed by atoms with Crippen molar-refractivity contribution < 1.29 is 0 Å². The lowest BCUT2D eigenvalue weighted by atomic mass is 9.84. The normalized spacial score (nSPS) is 23.8. The Labute approximate surface area is 120 Å². The van der Waals surface area contributed by atoms with E-state index in [0.717, 1.165) is 18.5 Å². The van der Waals surface area contributed by atoms with E-state index < -0.39 is 0 Å². The van der Waals surface area contributed by atoms with Gasteiger partial charge in [0.1, 0.15) is 0 Å². The predicted octanol–water partition coefficient (Wildman–Crippen LogP) is 4.96. The maximum atomic E-state index is 3.79. The molecule has 0 amide bonds. The lowest BCUT2D eigenvalue weighted by molar-refractivity contribution is 0.278. The summed E-state index contributed by atoms with van der Waals surface area (Å²) in [6, 6.07) is 9.47. The van der Waals surface area contributed by atoms with Crippen molar-refractivity contribution >= 4 is 21.4 Å². The van der Waals surface area contributed by atoms with Crippen molar-refractivity contribution in [3.05, 3.63) is 35.2 Å². The lowest BCUT2D eigenvalue weighted by Crippen LogP contribution is -2.33. The Morgan fingerprint density at radius 3 is 3.05 bits per heavy atom. The number of nitrogens with one attached hydrogen (secondary N) is 1. The first kappa shape index (κ1) is 13.1.